The number of hydrogen-bond acceptors (Lipinski definition) is 4. The average Bonchev–Trinajstić information content (AvgIpc) is 3.10. The lowest BCUT2D eigenvalue weighted by molar-refractivity contribution is -0.116. The number of nitrogens with one attached hydrogen (secondary N) is 1. The summed E-state index contributed by atoms with van der Waals surface area (Å²) in [6, 6.07) is 15.2. The molecule has 0 saturated carbocycles. The lowest BCUT2D eigenvalue weighted by atomic mass is 9.87. The molecule has 1 atom stereocenters. The van der Waals surface area contributed by atoms with Crippen molar-refractivity contribution in [3.05, 3.63) is 76.4 Å². The number of aromatic nitrogens is 2. The number of halogens is 1. The van der Waals surface area contributed by atoms with Gasteiger partial charge in [0.05, 0.1) is 19.3 Å². The summed E-state index contributed by atoms with van der Waals surface area (Å²) in [4.78, 5) is 12.4. The molecule has 1 unspecified atom stereocenters. The first kappa shape index (κ1) is 18.5. The van der Waals surface area contributed by atoms with Crippen LogP contribution in [0.3, 0.4) is 0 Å². The van der Waals surface area contributed by atoms with Crippen molar-refractivity contribution < 1.29 is 14.6 Å². The maximum absolute atomic E-state index is 12.4. The van der Waals surface area contributed by atoms with E-state index in [9.17, 15) is 4.79 Å². The Bertz CT molecular complexity index is 1000. The highest BCUT2D eigenvalue weighted by molar-refractivity contribution is 6.31. The van der Waals surface area contributed by atoms with Crippen molar-refractivity contribution in [1.29, 1.82) is 0 Å². The summed E-state index contributed by atoms with van der Waals surface area (Å²) in [5.74, 6) is 1.20. The molecule has 0 saturated heterocycles. The van der Waals surface area contributed by atoms with Gasteiger partial charge >= 0.3 is 0 Å². The van der Waals surface area contributed by atoms with Crippen molar-refractivity contribution >= 4 is 23.3 Å². The lowest BCUT2D eigenvalue weighted by Gasteiger charge is -2.24. The van der Waals surface area contributed by atoms with Gasteiger partial charge in [-0.05, 0) is 29.3 Å². The Balaban J connectivity index is 1.66. The summed E-state index contributed by atoms with van der Waals surface area (Å²) in [5.41, 5.74) is 2.88. The van der Waals surface area contributed by atoms with Crippen LogP contribution in [0.1, 0.15) is 29.0 Å². The third-order valence-corrected chi connectivity index (χ3v) is 5.16. The maximum atomic E-state index is 12.4. The molecule has 0 spiro atoms. The Morgan fingerprint density at radius 2 is 2.11 bits per heavy atom. The van der Waals surface area contributed by atoms with Crippen molar-refractivity contribution in [2.24, 2.45) is 0 Å². The summed E-state index contributed by atoms with van der Waals surface area (Å²) in [5, 5.41) is 17.1. The van der Waals surface area contributed by atoms with Crippen LogP contribution in [0.4, 0.5) is 5.82 Å². The molecule has 1 aliphatic heterocycles. The van der Waals surface area contributed by atoms with Gasteiger partial charge in [-0.3, -0.25) is 4.79 Å². The van der Waals surface area contributed by atoms with Crippen LogP contribution in [0.25, 0.3) is 0 Å². The molecule has 2 aromatic carbocycles. The molecule has 2 heterocycles. The van der Waals surface area contributed by atoms with E-state index in [2.05, 4.69) is 10.4 Å². The maximum Gasteiger partial charge on any atom is 0.226 e. The standard InChI is InChI=1S/C21H20ClN3O3/c22-19-7-2-1-4-15(19)13-25-21-18(12-23-25)17(11-20(27)24-21)14-5-3-6-16(10-14)28-9-8-26/h1-7,10,12,17,26H,8-9,11,13H2,(H,24,27). The molecular formula is C21H20ClN3O3. The molecule has 1 aromatic heterocycles. The number of amides is 1. The van der Waals surface area contributed by atoms with E-state index in [-0.39, 0.29) is 25.0 Å². The summed E-state index contributed by atoms with van der Waals surface area (Å²) < 4.78 is 7.28. The predicted molar refractivity (Wildman–Crippen MR) is 107 cm³/mol. The lowest BCUT2D eigenvalue weighted by Crippen LogP contribution is -2.25. The molecule has 0 bridgehead atoms. The zero-order chi connectivity index (χ0) is 19.5. The van der Waals surface area contributed by atoms with Crippen LogP contribution in [-0.2, 0) is 11.3 Å². The van der Waals surface area contributed by atoms with Gasteiger partial charge in [-0.15, -0.1) is 0 Å². The van der Waals surface area contributed by atoms with Crippen molar-refractivity contribution in [2.75, 3.05) is 18.5 Å². The van der Waals surface area contributed by atoms with Crippen LogP contribution in [0, 0.1) is 0 Å². The first-order valence-electron chi connectivity index (χ1n) is 9.08. The SMILES string of the molecule is O=C1CC(c2cccc(OCCO)c2)c2cnn(Cc3ccccc3Cl)c2N1. The second-order valence-electron chi connectivity index (χ2n) is 6.65. The largest absolute Gasteiger partial charge is 0.491 e. The second-order valence-corrected chi connectivity index (χ2v) is 7.05. The van der Waals surface area contributed by atoms with Crippen molar-refractivity contribution in [1.82, 2.24) is 9.78 Å². The van der Waals surface area contributed by atoms with Gasteiger partial charge < -0.3 is 15.2 Å². The third kappa shape index (κ3) is 3.74. The highest BCUT2D eigenvalue weighted by Crippen LogP contribution is 2.38. The van der Waals surface area contributed by atoms with Gasteiger partial charge in [0, 0.05) is 22.9 Å². The van der Waals surface area contributed by atoms with Crippen LogP contribution in [0.15, 0.2) is 54.7 Å². The number of hydrogen-bond donors (Lipinski definition) is 2. The number of anilines is 1. The number of carbonyl (C=O) groups excluding carboxylic acids is 1. The fraction of sp³-hybridized carbons (Fsp3) is 0.238. The minimum absolute atomic E-state index is 0.0466. The number of aliphatic hydroxyl groups is 1. The first-order valence-corrected chi connectivity index (χ1v) is 9.46. The van der Waals surface area contributed by atoms with Gasteiger partial charge in [0.15, 0.2) is 0 Å². The predicted octanol–water partition coefficient (Wildman–Crippen LogP) is 3.43. The van der Waals surface area contributed by atoms with Crippen LogP contribution in [-0.4, -0.2) is 34.0 Å². The molecule has 2 N–H and O–H groups in total. The van der Waals surface area contributed by atoms with Gasteiger partial charge in [-0.25, -0.2) is 4.68 Å². The molecule has 0 fully saturated rings. The normalized spacial score (nSPS) is 15.8. The van der Waals surface area contributed by atoms with E-state index in [0.717, 1.165) is 16.7 Å². The second kappa shape index (κ2) is 8.04. The summed E-state index contributed by atoms with van der Waals surface area (Å²) >= 11 is 6.28. The minimum Gasteiger partial charge on any atom is -0.491 e. The Hall–Kier alpha value is -2.83. The van der Waals surface area contributed by atoms with Crippen molar-refractivity contribution in [3.63, 3.8) is 0 Å². The monoisotopic (exact) mass is 397 g/mol. The molecular weight excluding hydrogens is 378 g/mol. The summed E-state index contributed by atoms with van der Waals surface area (Å²) in [7, 11) is 0. The van der Waals surface area contributed by atoms with Crippen LogP contribution >= 0.6 is 11.6 Å². The van der Waals surface area contributed by atoms with E-state index in [1.54, 1.807) is 10.9 Å². The zero-order valence-corrected chi connectivity index (χ0v) is 15.9. The van der Waals surface area contributed by atoms with Crippen molar-refractivity contribution in [3.8, 4) is 5.75 Å². The highest BCUT2D eigenvalue weighted by Gasteiger charge is 2.30. The fourth-order valence-corrected chi connectivity index (χ4v) is 3.66. The Morgan fingerprint density at radius 1 is 1.25 bits per heavy atom. The van der Waals surface area contributed by atoms with E-state index in [1.807, 2.05) is 48.5 Å². The molecule has 0 radical (unpaired) electrons. The molecule has 3 aromatic rings. The number of benzene rings is 2. The van der Waals surface area contributed by atoms with Crippen molar-refractivity contribution in [2.45, 2.75) is 18.9 Å². The number of ether oxygens (including phenoxy) is 1. The average molecular weight is 398 g/mol. The number of fused-ring (bicyclic) bond motifs is 1. The highest BCUT2D eigenvalue weighted by atomic mass is 35.5. The van der Waals surface area contributed by atoms with Gasteiger partial charge in [0.25, 0.3) is 0 Å². The summed E-state index contributed by atoms with van der Waals surface area (Å²) in [6.07, 6.45) is 2.14. The number of nitrogens with zero attached hydrogens (tertiary/aromatic N) is 2. The number of aliphatic hydroxyl groups excluding tert-OH is 1. The van der Waals surface area contributed by atoms with Gasteiger partial charge in [0.2, 0.25) is 5.91 Å². The molecule has 4 rings (SSSR count). The molecule has 0 aliphatic carbocycles. The first-order chi connectivity index (χ1) is 13.7. The molecule has 28 heavy (non-hydrogen) atoms. The van der Waals surface area contributed by atoms with E-state index in [0.29, 0.717) is 29.6 Å². The molecule has 144 valence electrons. The van der Waals surface area contributed by atoms with Crippen LogP contribution in [0.5, 0.6) is 5.75 Å². The van der Waals surface area contributed by atoms with E-state index in [1.165, 1.54) is 0 Å². The molecule has 1 amide bonds. The van der Waals surface area contributed by atoms with Gasteiger partial charge in [-0.1, -0.05) is 41.9 Å². The minimum atomic E-state index is -0.110. The van der Waals surface area contributed by atoms with E-state index < -0.39 is 0 Å². The summed E-state index contributed by atoms with van der Waals surface area (Å²) in [6.45, 7) is 0.659. The number of carbonyl (C=O) groups is 1. The topological polar surface area (TPSA) is 76.4 Å². The number of rotatable bonds is 6. The van der Waals surface area contributed by atoms with E-state index in [4.69, 9.17) is 21.4 Å². The van der Waals surface area contributed by atoms with Crippen LogP contribution in [0.2, 0.25) is 5.02 Å². The quantitative estimate of drug-likeness (QED) is 0.668. The van der Waals surface area contributed by atoms with E-state index >= 15 is 0 Å². The third-order valence-electron chi connectivity index (χ3n) is 4.79. The molecule has 1 aliphatic rings. The zero-order valence-electron chi connectivity index (χ0n) is 15.1. The fourth-order valence-electron chi connectivity index (χ4n) is 3.46. The Labute approximate surface area is 167 Å². The Morgan fingerprint density at radius 3 is 2.93 bits per heavy atom. The van der Waals surface area contributed by atoms with Crippen LogP contribution < -0.4 is 10.1 Å². The van der Waals surface area contributed by atoms with Gasteiger partial charge in [-0.2, -0.15) is 5.10 Å². The smallest absolute Gasteiger partial charge is 0.226 e. The van der Waals surface area contributed by atoms with Gasteiger partial charge in [0.1, 0.15) is 18.2 Å². The molecule has 6 nitrogen and oxygen atoms in total. The Kier molecular flexibility index (Phi) is 5.32. The molecule has 7 heteroatoms.